The lowest BCUT2D eigenvalue weighted by molar-refractivity contribution is -0.144. The summed E-state index contributed by atoms with van der Waals surface area (Å²) in [4.78, 5) is 31.4. The van der Waals surface area contributed by atoms with Gasteiger partial charge in [0.1, 0.15) is 5.82 Å². The predicted octanol–water partition coefficient (Wildman–Crippen LogP) is 3.62. The van der Waals surface area contributed by atoms with Gasteiger partial charge in [0.2, 0.25) is 5.91 Å². The zero-order valence-electron chi connectivity index (χ0n) is 20.0. The first-order valence-corrected chi connectivity index (χ1v) is 13.1. The van der Waals surface area contributed by atoms with Crippen LogP contribution in [-0.2, 0) is 11.2 Å². The predicted molar refractivity (Wildman–Crippen MR) is 131 cm³/mol. The Bertz CT molecular complexity index is 1150. The first-order valence-electron chi connectivity index (χ1n) is 12.3. The maximum absolute atomic E-state index is 13.6. The summed E-state index contributed by atoms with van der Waals surface area (Å²) in [6, 6.07) is 5.74. The van der Waals surface area contributed by atoms with E-state index in [0.29, 0.717) is 18.0 Å². The van der Waals surface area contributed by atoms with Gasteiger partial charge >= 0.3 is 0 Å². The molecule has 9 heteroatoms. The van der Waals surface area contributed by atoms with E-state index in [9.17, 15) is 24.2 Å². The normalized spacial score (nSPS) is 31.9. The van der Waals surface area contributed by atoms with Gasteiger partial charge in [0.25, 0.3) is 5.91 Å². The number of nitrogens with one attached hydrogen (secondary N) is 2. The summed E-state index contributed by atoms with van der Waals surface area (Å²) >= 11 is 1.35. The molecule has 2 saturated carbocycles. The summed E-state index contributed by atoms with van der Waals surface area (Å²) < 4.78 is 13.6. The second kappa shape index (κ2) is 8.94. The van der Waals surface area contributed by atoms with Crippen molar-refractivity contribution >= 4 is 28.3 Å². The van der Waals surface area contributed by atoms with Gasteiger partial charge in [-0.15, -0.1) is 11.3 Å². The maximum atomic E-state index is 13.6. The maximum Gasteiger partial charge on any atom is 0.257 e. The molecule has 0 aliphatic heterocycles. The van der Waals surface area contributed by atoms with Gasteiger partial charge in [0, 0.05) is 34.2 Å². The quantitative estimate of drug-likeness (QED) is 0.483. The van der Waals surface area contributed by atoms with Gasteiger partial charge in [-0.1, -0.05) is 19.9 Å². The molecule has 7 nitrogen and oxygen atoms in total. The Hall–Kier alpha value is -2.36. The van der Waals surface area contributed by atoms with Gasteiger partial charge in [-0.05, 0) is 61.6 Å². The molecule has 5 rings (SSSR count). The minimum absolute atomic E-state index is 0.0134. The fourth-order valence-electron chi connectivity index (χ4n) is 6.20. The molecule has 0 spiro atoms. The van der Waals surface area contributed by atoms with E-state index in [1.165, 1.54) is 29.5 Å². The van der Waals surface area contributed by atoms with Crippen LogP contribution in [0.5, 0.6) is 0 Å². The number of halogens is 1. The zero-order chi connectivity index (χ0) is 25.0. The molecule has 0 bridgehead atoms. The minimum atomic E-state index is -0.703. The number of anilines is 1. The molecular weight excluding hydrogens is 469 g/mol. The molecule has 3 aliphatic rings. The summed E-state index contributed by atoms with van der Waals surface area (Å²) in [5.41, 5.74) is -0.0334. The topological polar surface area (TPSA) is 112 Å². The number of aliphatic hydroxyl groups excluding tert-OH is 2. The molecular formula is C26H32FN3O4S. The molecule has 4 N–H and O–H groups in total. The molecule has 0 radical (unpaired) electrons. The number of amides is 2. The van der Waals surface area contributed by atoms with Crippen LogP contribution in [0.2, 0.25) is 0 Å². The van der Waals surface area contributed by atoms with E-state index in [4.69, 9.17) is 4.98 Å². The lowest BCUT2D eigenvalue weighted by atomic mass is 9.47. The molecule has 2 amide bonds. The van der Waals surface area contributed by atoms with Crippen molar-refractivity contribution in [3.8, 4) is 0 Å². The van der Waals surface area contributed by atoms with Crippen molar-refractivity contribution in [3.05, 3.63) is 46.2 Å². The van der Waals surface area contributed by atoms with Gasteiger partial charge < -0.3 is 15.5 Å². The number of nitrogens with zero attached hydrogens (tertiary/aromatic N) is 1. The van der Waals surface area contributed by atoms with Crippen molar-refractivity contribution < 1.29 is 24.2 Å². The van der Waals surface area contributed by atoms with Crippen molar-refractivity contribution in [3.63, 3.8) is 0 Å². The van der Waals surface area contributed by atoms with Crippen LogP contribution in [0.3, 0.4) is 0 Å². The summed E-state index contributed by atoms with van der Waals surface area (Å²) in [6.45, 7) is 3.94. The highest BCUT2D eigenvalue weighted by Gasteiger charge is 2.59. The van der Waals surface area contributed by atoms with Crippen LogP contribution in [0.15, 0.2) is 24.3 Å². The lowest BCUT2D eigenvalue weighted by Gasteiger charge is -2.58. The van der Waals surface area contributed by atoms with E-state index in [0.717, 1.165) is 29.8 Å². The molecule has 1 aromatic carbocycles. The number of thiazole rings is 1. The second-order valence-corrected chi connectivity index (χ2v) is 12.0. The van der Waals surface area contributed by atoms with Crippen LogP contribution >= 0.6 is 11.3 Å². The summed E-state index contributed by atoms with van der Waals surface area (Å²) in [5.74, 6) is -1.21. The summed E-state index contributed by atoms with van der Waals surface area (Å²) in [7, 11) is 0. The number of carbonyl (C=O) groups is 2. The number of fused-ring (bicyclic) bond motifs is 2. The first-order chi connectivity index (χ1) is 16.6. The average Bonchev–Trinajstić information content (AvgIpc) is 3.54. The van der Waals surface area contributed by atoms with Crippen molar-refractivity contribution in [2.45, 2.75) is 70.4 Å². The van der Waals surface area contributed by atoms with Crippen LogP contribution < -0.4 is 10.6 Å². The Morgan fingerprint density at radius 3 is 2.71 bits per heavy atom. The number of rotatable bonds is 6. The van der Waals surface area contributed by atoms with Gasteiger partial charge in [0.15, 0.2) is 5.13 Å². The van der Waals surface area contributed by atoms with Crippen molar-refractivity contribution in [1.82, 2.24) is 10.3 Å². The average molecular weight is 502 g/mol. The fraction of sp³-hybridized carbons (Fsp3) is 0.577. The number of hydrogen-bond acceptors (Lipinski definition) is 6. The molecule has 188 valence electrons. The van der Waals surface area contributed by atoms with Gasteiger partial charge in [-0.2, -0.15) is 0 Å². The number of hydrogen-bond donors (Lipinski definition) is 4. The molecule has 0 saturated heterocycles. The third-order valence-electron chi connectivity index (χ3n) is 8.53. The molecule has 2 aromatic rings. The smallest absolute Gasteiger partial charge is 0.257 e. The highest BCUT2D eigenvalue weighted by atomic mass is 32.1. The third-order valence-corrected chi connectivity index (χ3v) is 9.54. The third kappa shape index (κ3) is 4.38. The van der Waals surface area contributed by atoms with Crippen molar-refractivity contribution in [2.24, 2.45) is 16.7 Å². The summed E-state index contributed by atoms with van der Waals surface area (Å²) in [5, 5.41) is 27.5. The molecule has 3 aliphatic carbocycles. The second-order valence-electron chi connectivity index (χ2n) is 10.9. The Morgan fingerprint density at radius 2 is 2.03 bits per heavy atom. The Morgan fingerprint density at radius 1 is 1.26 bits per heavy atom. The van der Waals surface area contributed by atoms with E-state index in [1.807, 2.05) is 6.92 Å². The minimum Gasteiger partial charge on any atom is -0.396 e. The standard InChI is InChI=1S/C26H32FN3O4S/c1-25-9-8-20(32)26(2,13-31)19(25)12-18-22(17(25)11-21(33)28-16-6-7-16)29-24(35-18)30-23(34)14-4-3-5-15(27)10-14/h3-5,10,16-17,19-20,31-32H,6-9,11-13H2,1-2H3,(H,28,33)(H,29,30,34)/t17-,19+,20-,25+,26+/m1/s1. The van der Waals surface area contributed by atoms with Gasteiger partial charge in [-0.25, -0.2) is 9.37 Å². The van der Waals surface area contributed by atoms with E-state index >= 15 is 0 Å². The van der Waals surface area contributed by atoms with E-state index in [2.05, 4.69) is 17.6 Å². The highest BCUT2D eigenvalue weighted by molar-refractivity contribution is 7.15. The van der Waals surface area contributed by atoms with Crippen LogP contribution in [0.25, 0.3) is 0 Å². The molecule has 0 unspecified atom stereocenters. The lowest BCUT2D eigenvalue weighted by Crippen LogP contribution is -2.57. The monoisotopic (exact) mass is 501 g/mol. The van der Waals surface area contributed by atoms with Crippen LogP contribution in [-0.4, -0.2) is 45.8 Å². The zero-order valence-corrected chi connectivity index (χ0v) is 20.8. The molecule has 1 heterocycles. The Balaban J connectivity index is 1.49. The Labute approximate surface area is 208 Å². The highest BCUT2D eigenvalue weighted by Crippen LogP contribution is 2.62. The van der Waals surface area contributed by atoms with Crippen molar-refractivity contribution in [1.29, 1.82) is 0 Å². The molecule has 35 heavy (non-hydrogen) atoms. The molecule has 5 atom stereocenters. The number of carbonyl (C=O) groups excluding carboxylic acids is 2. The number of aliphatic hydroxyl groups is 2. The van der Waals surface area contributed by atoms with E-state index in [1.54, 1.807) is 6.07 Å². The Kier molecular flexibility index (Phi) is 6.22. The van der Waals surface area contributed by atoms with Crippen LogP contribution in [0, 0.1) is 22.6 Å². The molecule has 1 aromatic heterocycles. The van der Waals surface area contributed by atoms with Crippen LogP contribution in [0.1, 0.15) is 72.8 Å². The fourth-order valence-corrected chi connectivity index (χ4v) is 7.26. The molecule has 2 fully saturated rings. The van der Waals surface area contributed by atoms with Gasteiger partial charge in [-0.3, -0.25) is 14.9 Å². The van der Waals surface area contributed by atoms with E-state index in [-0.39, 0.29) is 47.8 Å². The van der Waals surface area contributed by atoms with E-state index < -0.39 is 23.2 Å². The van der Waals surface area contributed by atoms with Crippen LogP contribution in [0.4, 0.5) is 9.52 Å². The summed E-state index contributed by atoms with van der Waals surface area (Å²) in [6.07, 6.45) is 3.52. The SMILES string of the molecule is C[C@]1(CO)[C@H]2Cc3sc(NC(=O)c4cccc(F)c4)nc3[C@@H](CC(=O)NC3CC3)[C@]2(C)CC[C@H]1O. The number of aromatic nitrogens is 1. The number of benzene rings is 1. The van der Waals surface area contributed by atoms with Gasteiger partial charge in [0.05, 0.1) is 18.4 Å². The largest absolute Gasteiger partial charge is 0.396 e. The van der Waals surface area contributed by atoms with Crippen molar-refractivity contribution in [2.75, 3.05) is 11.9 Å². The first kappa shape index (κ1) is 24.3.